The van der Waals surface area contributed by atoms with Crippen molar-refractivity contribution in [3.63, 3.8) is 0 Å². The first-order chi connectivity index (χ1) is 9.15. The minimum atomic E-state index is -0.884. The average Bonchev–Trinajstić information content (AvgIpc) is 2.72. The first-order valence-corrected chi connectivity index (χ1v) is 7.18. The molecular formula is C15H20N2O2. The Bertz CT molecular complexity index is 509. The van der Waals surface area contributed by atoms with Crippen LogP contribution in [-0.2, 0) is 12.8 Å². The second-order valence-corrected chi connectivity index (χ2v) is 5.77. The van der Waals surface area contributed by atoms with E-state index >= 15 is 0 Å². The zero-order valence-electron chi connectivity index (χ0n) is 11.3. The molecule has 1 atom stereocenters. The molecular weight excluding hydrogens is 240 g/mol. The van der Waals surface area contributed by atoms with Gasteiger partial charge in [-0.2, -0.15) is 0 Å². The number of carboxylic acid groups (broad SMARTS) is 1. The van der Waals surface area contributed by atoms with Gasteiger partial charge in [0.15, 0.2) is 0 Å². The Balaban J connectivity index is 1.87. The van der Waals surface area contributed by atoms with Gasteiger partial charge < -0.3 is 10.4 Å². The summed E-state index contributed by atoms with van der Waals surface area (Å²) in [6.07, 6.45) is 6.79. The minimum absolute atomic E-state index is 0.304. The van der Waals surface area contributed by atoms with Gasteiger partial charge in [0, 0.05) is 11.7 Å². The van der Waals surface area contributed by atoms with Crippen molar-refractivity contribution in [2.75, 3.05) is 5.32 Å². The van der Waals surface area contributed by atoms with Crippen LogP contribution in [0.15, 0.2) is 6.07 Å². The van der Waals surface area contributed by atoms with E-state index < -0.39 is 5.97 Å². The largest absolute Gasteiger partial charge is 0.478 e. The van der Waals surface area contributed by atoms with Crippen LogP contribution in [0.2, 0.25) is 0 Å². The quantitative estimate of drug-likeness (QED) is 0.873. The highest BCUT2D eigenvalue weighted by Gasteiger charge is 2.26. The fourth-order valence-corrected chi connectivity index (χ4v) is 3.02. The predicted octanol–water partition coefficient (Wildman–Crippen LogP) is 2.87. The van der Waals surface area contributed by atoms with Gasteiger partial charge in [0.2, 0.25) is 0 Å². The third kappa shape index (κ3) is 2.31. The van der Waals surface area contributed by atoms with Crippen LogP contribution in [0, 0.1) is 5.92 Å². The number of hydrogen-bond donors (Lipinski definition) is 2. The maximum Gasteiger partial charge on any atom is 0.339 e. The average molecular weight is 260 g/mol. The van der Waals surface area contributed by atoms with Gasteiger partial charge in [-0.25, -0.2) is 9.78 Å². The van der Waals surface area contributed by atoms with Gasteiger partial charge in [0.25, 0.3) is 0 Å². The fraction of sp³-hybridized carbons (Fsp3) is 0.600. The van der Waals surface area contributed by atoms with Gasteiger partial charge in [0.05, 0.1) is 0 Å². The lowest BCUT2D eigenvalue weighted by Crippen LogP contribution is -2.32. The molecule has 3 rings (SSSR count). The molecule has 0 bridgehead atoms. The van der Waals surface area contributed by atoms with Gasteiger partial charge in [-0.3, -0.25) is 0 Å². The van der Waals surface area contributed by atoms with E-state index in [0.717, 1.165) is 30.5 Å². The highest BCUT2D eigenvalue weighted by atomic mass is 16.4. The van der Waals surface area contributed by atoms with Crippen LogP contribution in [0.5, 0.6) is 0 Å². The minimum Gasteiger partial charge on any atom is -0.478 e. The number of nitrogens with one attached hydrogen (secondary N) is 1. The molecule has 1 aromatic heterocycles. The lowest BCUT2D eigenvalue weighted by Gasteiger charge is -2.32. The van der Waals surface area contributed by atoms with Crippen molar-refractivity contribution in [2.24, 2.45) is 5.92 Å². The molecule has 19 heavy (non-hydrogen) atoms. The van der Waals surface area contributed by atoms with Gasteiger partial charge in [-0.15, -0.1) is 0 Å². The van der Waals surface area contributed by atoms with E-state index in [9.17, 15) is 9.90 Å². The summed E-state index contributed by atoms with van der Waals surface area (Å²) >= 11 is 0. The second kappa shape index (κ2) is 4.83. The van der Waals surface area contributed by atoms with Gasteiger partial charge in [-0.1, -0.05) is 6.42 Å². The Kier molecular flexibility index (Phi) is 3.17. The van der Waals surface area contributed by atoms with Crippen LogP contribution in [-0.4, -0.2) is 22.1 Å². The van der Waals surface area contributed by atoms with Crippen molar-refractivity contribution in [2.45, 2.75) is 51.5 Å². The lowest BCUT2D eigenvalue weighted by molar-refractivity contribution is 0.0697. The highest BCUT2D eigenvalue weighted by Crippen LogP contribution is 2.32. The van der Waals surface area contributed by atoms with Crippen molar-refractivity contribution in [1.82, 2.24) is 4.98 Å². The summed E-state index contributed by atoms with van der Waals surface area (Å²) in [6, 6.07) is 2.12. The van der Waals surface area contributed by atoms with Crippen molar-refractivity contribution in [1.29, 1.82) is 0 Å². The molecule has 1 heterocycles. The van der Waals surface area contributed by atoms with Crippen molar-refractivity contribution in [3.05, 3.63) is 22.9 Å². The number of carbonyl (C=O) groups is 1. The normalized spacial score (nSPS) is 19.6. The molecule has 0 aromatic carbocycles. The van der Waals surface area contributed by atoms with E-state index in [-0.39, 0.29) is 0 Å². The Morgan fingerprint density at radius 2 is 2.21 bits per heavy atom. The summed E-state index contributed by atoms with van der Waals surface area (Å²) in [4.78, 5) is 15.9. The maximum atomic E-state index is 11.4. The summed E-state index contributed by atoms with van der Waals surface area (Å²) in [5.41, 5.74) is 2.51. The number of aromatic nitrogens is 1. The molecule has 1 saturated carbocycles. The number of rotatable bonds is 4. The third-order valence-electron chi connectivity index (χ3n) is 4.50. The van der Waals surface area contributed by atoms with Crippen LogP contribution in [0.1, 0.15) is 54.2 Å². The Morgan fingerprint density at radius 1 is 1.42 bits per heavy atom. The Morgan fingerprint density at radius 3 is 2.84 bits per heavy atom. The number of aryl methyl sites for hydroxylation is 2. The summed E-state index contributed by atoms with van der Waals surface area (Å²) < 4.78 is 0. The van der Waals surface area contributed by atoms with E-state index in [1.54, 1.807) is 0 Å². The molecule has 2 aliphatic carbocycles. The van der Waals surface area contributed by atoms with Crippen LogP contribution < -0.4 is 5.32 Å². The number of fused-ring (bicyclic) bond motifs is 1. The number of anilines is 1. The summed E-state index contributed by atoms with van der Waals surface area (Å²) in [6.45, 7) is 2.13. The van der Waals surface area contributed by atoms with E-state index in [2.05, 4.69) is 17.2 Å². The predicted molar refractivity (Wildman–Crippen MR) is 73.6 cm³/mol. The zero-order chi connectivity index (χ0) is 13.4. The third-order valence-corrected chi connectivity index (χ3v) is 4.50. The van der Waals surface area contributed by atoms with Crippen molar-refractivity contribution in [3.8, 4) is 0 Å². The molecule has 102 valence electrons. The molecule has 1 fully saturated rings. The lowest BCUT2D eigenvalue weighted by atomic mass is 9.80. The number of carboxylic acids is 1. The SMILES string of the molecule is CC(Nc1nc2c(cc1C(=O)O)CCC2)C1CCC1. The van der Waals surface area contributed by atoms with Crippen molar-refractivity contribution >= 4 is 11.8 Å². The maximum absolute atomic E-state index is 11.4. The smallest absolute Gasteiger partial charge is 0.339 e. The molecule has 1 aromatic rings. The Hall–Kier alpha value is -1.58. The molecule has 4 heteroatoms. The van der Waals surface area contributed by atoms with Crippen LogP contribution >= 0.6 is 0 Å². The number of hydrogen-bond acceptors (Lipinski definition) is 3. The molecule has 2 aliphatic rings. The standard InChI is InChI=1S/C15H20N2O2/c1-9(10-4-2-5-10)16-14-12(15(18)19)8-11-6-3-7-13(11)17-14/h8-10H,2-7H2,1H3,(H,16,17)(H,18,19). The molecule has 0 spiro atoms. The van der Waals surface area contributed by atoms with Gasteiger partial charge in [-0.05, 0) is 56.6 Å². The van der Waals surface area contributed by atoms with Crippen LogP contribution in [0.4, 0.5) is 5.82 Å². The number of pyridine rings is 1. The Labute approximate surface area is 113 Å². The first-order valence-electron chi connectivity index (χ1n) is 7.18. The van der Waals surface area contributed by atoms with E-state index in [4.69, 9.17) is 0 Å². The molecule has 1 unspecified atom stereocenters. The first kappa shape index (κ1) is 12.5. The summed E-state index contributed by atoms with van der Waals surface area (Å²) in [5.74, 6) is 0.342. The van der Waals surface area contributed by atoms with Crippen LogP contribution in [0.25, 0.3) is 0 Å². The van der Waals surface area contributed by atoms with Gasteiger partial charge in [0.1, 0.15) is 11.4 Å². The molecule has 0 saturated heterocycles. The van der Waals surface area contributed by atoms with Crippen molar-refractivity contribution < 1.29 is 9.90 Å². The van der Waals surface area contributed by atoms with Crippen LogP contribution in [0.3, 0.4) is 0 Å². The highest BCUT2D eigenvalue weighted by molar-refractivity contribution is 5.93. The molecule has 0 aliphatic heterocycles. The van der Waals surface area contributed by atoms with E-state index in [1.807, 2.05) is 6.07 Å². The van der Waals surface area contributed by atoms with E-state index in [1.165, 1.54) is 19.3 Å². The zero-order valence-corrected chi connectivity index (χ0v) is 11.3. The molecule has 0 amide bonds. The molecule has 0 radical (unpaired) electrons. The van der Waals surface area contributed by atoms with E-state index in [0.29, 0.717) is 23.3 Å². The number of aromatic carboxylic acids is 1. The molecule has 2 N–H and O–H groups in total. The summed E-state index contributed by atoms with van der Waals surface area (Å²) in [5, 5.41) is 12.7. The topological polar surface area (TPSA) is 62.2 Å². The molecule has 4 nitrogen and oxygen atoms in total. The van der Waals surface area contributed by atoms with Gasteiger partial charge >= 0.3 is 5.97 Å². The number of nitrogens with zero attached hydrogens (tertiary/aromatic N) is 1. The summed E-state index contributed by atoms with van der Waals surface area (Å²) in [7, 11) is 0. The fourth-order valence-electron chi connectivity index (χ4n) is 3.02. The monoisotopic (exact) mass is 260 g/mol. The second-order valence-electron chi connectivity index (χ2n) is 5.77.